The van der Waals surface area contributed by atoms with E-state index < -0.39 is 12.1 Å². The molecule has 0 bridgehead atoms. The molecule has 0 aliphatic carbocycles. The number of aromatic nitrogens is 4. The molecule has 8 heteroatoms. The third-order valence-corrected chi connectivity index (χ3v) is 3.35. The minimum atomic E-state index is -0.669. The van der Waals surface area contributed by atoms with Gasteiger partial charge in [-0.15, -0.1) is 10.2 Å². The molecule has 2 aromatic heterocycles. The zero-order chi connectivity index (χ0) is 17.1. The number of benzene rings is 1. The van der Waals surface area contributed by atoms with Crippen LogP contribution in [0.1, 0.15) is 29.3 Å². The Labute approximate surface area is 138 Å². The van der Waals surface area contributed by atoms with Gasteiger partial charge in [-0.2, -0.15) is 5.10 Å². The van der Waals surface area contributed by atoms with Gasteiger partial charge in [-0.1, -0.05) is 0 Å². The molecule has 3 rings (SSSR count). The van der Waals surface area contributed by atoms with Gasteiger partial charge in [0.05, 0.1) is 18.9 Å². The second-order valence-corrected chi connectivity index (χ2v) is 5.12. The molecule has 0 aliphatic rings. The van der Waals surface area contributed by atoms with E-state index in [2.05, 4.69) is 15.3 Å². The molecule has 0 saturated carbocycles. The average Bonchev–Trinajstić information content (AvgIpc) is 3.24. The number of rotatable bonds is 5. The van der Waals surface area contributed by atoms with Crippen LogP contribution >= 0.6 is 0 Å². The average molecular weight is 328 g/mol. The van der Waals surface area contributed by atoms with Gasteiger partial charge in [-0.3, -0.25) is 4.68 Å². The van der Waals surface area contributed by atoms with E-state index in [0.29, 0.717) is 11.5 Å². The van der Waals surface area contributed by atoms with Crippen LogP contribution in [0.5, 0.6) is 5.75 Å². The Balaban J connectivity index is 1.71. The summed E-state index contributed by atoms with van der Waals surface area (Å²) < 4.78 is 17.5. The van der Waals surface area contributed by atoms with Crippen LogP contribution in [-0.4, -0.2) is 33.1 Å². The maximum absolute atomic E-state index is 12.0. The van der Waals surface area contributed by atoms with Crippen LogP contribution in [0, 0.1) is 0 Å². The van der Waals surface area contributed by atoms with E-state index in [1.807, 2.05) is 12.1 Å². The standard InChI is InChI=1S/C16H16N4O4/c1-10(23-16(21)12-8-17-20(2)9-12)14-18-19-15(24-14)11-4-6-13(22-3)7-5-11/h4-10H,1-3H3/t10-/m1/s1. The fraction of sp³-hybridized carbons (Fsp3) is 0.250. The van der Waals surface area contributed by atoms with Crippen LogP contribution < -0.4 is 4.74 Å². The number of aryl methyl sites for hydroxylation is 1. The van der Waals surface area contributed by atoms with E-state index >= 15 is 0 Å². The molecule has 2 heterocycles. The summed E-state index contributed by atoms with van der Waals surface area (Å²) in [6, 6.07) is 7.21. The monoisotopic (exact) mass is 328 g/mol. The first-order valence-corrected chi connectivity index (χ1v) is 7.24. The lowest BCUT2D eigenvalue weighted by Crippen LogP contribution is -2.09. The van der Waals surface area contributed by atoms with Gasteiger partial charge >= 0.3 is 5.97 Å². The van der Waals surface area contributed by atoms with E-state index in [1.54, 1.807) is 39.4 Å². The largest absolute Gasteiger partial charge is 0.497 e. The fourth-order valence-electron chi connectivity index (χ4n) is 2.05. The molecule has 0 radical (unpaired) electrons. The molecular weight excluding hydrogens is 312 g/mol. The summed E-state index contributed by atoms with van der Waals surface area (Å²) in [5.41, 5.74) is 1.11. The fourth-order valence-corrected chi connectivity index (χ4v) is 2.05. The van der Waals surface area contributed by atoms with Crippen molar-refractivity contribution in [1.82, 2.24) is 20.0 Å². The SMILES string of the molecule is COc1ccc(-c2nnc([C@@H](C)OC(=O)c3cnn(C)c3)o2)cc1. The highest BCUT2D eigenvalue weighted by atomic mass is 16.6. The second-order valence-electron chi connectivity index (χ2n) is 5.12. The normalized spacial score (nSPS) is 12.0. The Bertz CT molecular complexity index is 838. The zero-order valence-corrected chi connectivity index (χ0v) is 13.5. The van der Waals surface area contributed by atoms with Crippen molar-refractivity contribution >= 4 is 5.97 Å². The summed E-state index contributed by atoms with van der Waals surface area (Å²) in [6.07, 6.45) is 2.34. The molecule has 0 saturated heterocycles. The highest BCUT2D eigenvalue weighted by Gasteiger charge is 2.20. The van der Waals surface area contributed by atoms with Gasteiger partial charge < -0.3 is 13.9 Å². The first-order chi connectivity index (χ1) is 11.6. The van der Waals surface area contributed by atoms with Gasteiger partial charge in [-0.25, -0.2) is 4.79 Å². The van der Waals surface area contributed by atoms with Crippen molar-refractivity contribution in [3.63, 3.8) is 0 Å². The number of ether oxygens (including phenoxy) is 2. The van der Waals surface area contributed by atoms with Gasteiger partial charge in [0.15, 0.2) is 6.10 Å². The van der Waals surface area contributed by atoms with E-state index in [-0.39, 0.29) is 5.89 Å². The van der Waals surface area contributed by atoms with Crippen molar-refractivity contribution in [3.05, 3.63) is 48.1 Å². The smallest absolute Gasteiger partial charge is 0.342 e. The Morgan fingerprint density at radius 2 is 2.00 bits per heavy atom. The highest BCUT2D eigenvalue weighted by Crippen LogP contribution is 2.24. The van der Waals surface area contributed by atoms with Gasteiger partial charge in [0, 0.05) is 18.8 Å². The zero-order valence-electron chi connectivity index (χ0n) is 13.5. The van der Waals surface area contributed by atoms with Crippen LogP contribution in [0.2, 0.25) is 0 Å². The van der Waals surface area contributed by atoms with Gasteiger partial charge in [0.25, 0.3) is 5.89 Å². The maximum atomic E-state index is 12.0. The second kappa shape index (κ2) is 6.53. The van der Waals surface area contributed by atoms with E-state index in [4.69, 9.17) is 13.9 Å². The molecule has 0 aliphatic heterocycles. The Kier molecular flexibility index (Phi) is 4.28. The molecule has 0 spiro atoms. The van der Waals surface area contributed by atoms with Crippen molar-refractivity contribution < 1.29 is 18.7 Å². The van der Waals surface area contributed by atoms with Crippen molar-refractivity contribution in [2.75, 3.05) is 7.11 Å². The Morgan fingerprint density at radius 3 is 2.62 bits per heavy atom. The van der Waals surface area contributed by atoms with Crippen LogP contribution in [0.25, 0.3) is 11.5 Å². The molecule has 0 fully saturated rings. The molecule has 24 heavy (non-hydrogen) atoms. The lowest BCUT2D eigenvalue weighted by molar-refractivity contribution is 0.0280. The quantitative estimate of drug-likeness (QED) is 0.664. The summed E-state index contributed by atoms with van der Waals surface area (Å²) in [6.45, 7) is 1.67. The third-order valence-electron chi connectivity index (χ3n) is 3.35. The number of nitrogens with zero attached hydrogens (tertiary/aromatic N) is 4. The predicted octanol–water partition coefficient (Wildman–Crippen LogP) is 2.40. The van der Waals surface area contributed by atoms with Crippen molar-refractivity contribution in [3.8, 4) is 17.2 Å². The molecule has 0 N–H and O–H groups in total. The van der Waals surface area contributed by atoms with Crippen molar-refractivity contribution in [1.29, 1.82) is 0 Å². The number of hydrogen-bond donors (Lipinski definition) is 0. The van der Waals surface area contributed by atoms with Crippen LogP contribution in [0.3, 0.4) is 0 Å². The number of esters is 1. The van der Waals surface area contributed by atoms with Crippen LogP contribution in [-0.2, 0) is 11.8 Å². The van der Waals surface area contributed by atoms with Gasteiger partial charge in [0.1, 0.15) is 5.75 Å². The number of carbonyl (C=O) groups is 1. The topological polar surface area (TPSA) is 92.3 Å². The molecule has 1 atom stereocenters. The maximum Gasteiger partial charge on any atom is 0.342 e. The minimum absolute atomic E-state index is 0.220. The molecule has 0 unspecified atom stereocenters. The summed E-state index contributed by atoms with van der Waals surface area (Å²) in [5, 5.41) is 11.9. The molecule has 3 aromatic rings. The van der Waals surface area contributed by atoms with Crippen molar-refractivity contribution in [2.45, 2.75) is 13.0 Å². The van der Waals surface area contributed by atoms with E-state index in [0.717, 1.165) is 11.3 Å². The molecule has 0 amide bonds. The van der Waals surface area contributed by atoms with E-state index in [1.165, 1.54) is 10.9 Å². The number of hydrogen-bond acceptors (Lipinski definition) is 7. The predicted molar refractivity (Wildman–Crippen MR) is 83.3 cm³/mol. The van der Waals surface area contributed by atoms with Gasteiger partial charge in [-0.05, 0) is 31.2 Å². The third kappa shape index (κ3) is 3.27. The first kappa shape index (κ1) is 15.7. The first-order valence-electron chi connectivity index (χ1n) is 7.24. The summed E-state index contributed by atoms with van der Waals surface area (Å²) >= 11 is 0. The molecular formula is C16H16N4O4. The lowest BCUT2D eigenvalue weighted by Gasteiger charge is -2.07. The summed E-state index contributed by atoms with van der Waals surface area (Å²) in [5.74, 6) is 0.798. The molecule has 124 valence electrons. The molecule has 1 aromatic carbocycles. The van der Waals surface area contributed by atoms with E-state index in [9.17, 15) is 4.79 Å². The van der Waals surface area contributed by atoms with Crippen molar-refractivity contribution in [2.24, 2.45) is 7.05 Å². The highest BCUT2D eigenvalue weighted by molar-refractivity contribution is 5.88. The summed E-state index contributed by atoms with van der Waals surface area (Å²) in [7, 11) is 3.32. The molecule has 8 nitrogen and oxygen atoms in total. The van der Waals surface area contributed by atoms with Crippen LogP contribution in [0.4, 0.5) is 0 Å². The van der Waals surface area contributed by atoms with Crippen LogP contribution in [0.15, 0.2) is 41.1 Å². The number of methoxy groups -OCH3 is 1. The Hall–Kier alpha value is -3.16. The number of carbonyl (C=O) groups excluding carboxylic acids is 1. The lowest BCUT2D eigenvalue weighted by atomic mass is 10.2. The summed E-state index contributed by atoms with van der Waals surface area (Å²) in [4.78, 5) is 12.0. The van der Waals surface area contributed by atoms with Gasteiger partial charge in [0.2, 0.25) is 5.89 Å². The Morgan fingerprint density at radius 1 is 1.25 bits per heavy atom. The minimum Gasteiger partial charge on any atom is -0.497 e.